The van der Waals surface area contributed by atoms with E-state index in [1.54, 1.807) is 0 Å². The number of carbonyl (C=O) groups is 4. The molecule has 1 unspecified atom stereocenters. The van der Waals surface area contributed by atoms with Crippen molar-refractivity contribution in [3.05, 3.63) is 35.4 Å². The highest BCUT2D eigenvalue weighted by atomic mass is 32.2. The van der Waals surface area contributed by atoms with Crippen LogP contribution >= 0.6 is 11.8 Å². The molecule has 3 rings (SSSR count). The number of thioether (sulfide) groups is 1. The smallest absolute Gasteiger partial charge is 0.404 e. The zero-order valence-corrected chi connectivity index (χ0v) is 16.1. The lowest BCUT2D eigenvalue weighted by Crippen LogP contribution is -2.71. The highest BCUT2D eigenvalue weighted by Crippen LogP contribution is 2.43. The predicted molar refractivity (Wildman–Crippen MR) is 98.6 cm³/mol. The quantitative estimate of drug-likeness (QED) is 0.227. The number of nitrogens with two attached hydrogens (primary N) is 1. The lowest BCUT2D eigenvalue weighted by atomic mass is 10.0. The maximum Gasteiger partial charge on any atom is 0.404 e. The van der Waals surface area contributed by atoms with Crippen LogP contribution in [0.15, 0.2) is 39.2 Å². The van der Waals surface area contributed by atoms with Gasteiger partial charge in [-0.2, -0.15) is 0 Å². The van der Waals surface area contributed by atoms with Crippen molar-refractivity contribution in [2.45, 2.75) is 16.9 Å². The van der Waals surface area contributed by atoms with Crippen LogP contribution in [0.3, 0.4) is 0 Å². The summed E-state index contributed by atoms with van der Waals surface area (Å²) in [6.45, 7) is -0.609. The predicted octanol–water partition coefficient (Wildman–Crippen LogP) is -1.22. The molecule has 1 aromatic rings. The van der Waals surface area contributed by atoms with Crippen molar-refractivity contribution in [2.24, 2.45) is 10.9 Å². The first-order valence-corrected chi connectivity index (χ1v) is 9.21. The Morgan fingerprint density at radius 2 is 2.17 bits per heavy atom. The minimum Gasteiger partial charge on any atom is -0.477 e. The summed E-state index contributed by atoms with van der Waals surface area (Å²) in [6, 6.07) is 1.83. The molecule has 0 aliphatic carbocycles. The van der Waals surface area contributed by atoms with E-state index in [0.717, 1.165) is 16.7 Å². The molecule has 13 nitrogen and oxygen atoms in total. The van der Waals surface area contributed by atoms with Crippen LogP contribution in [-0.2, 0) is 24.0 Å². The topological polar surface area (TPSA) is 194 Å². The molecule has 0 aromatic carbocycles. The Hall–Kier alpha value is -3.52. The minimum absolute atomic E-state index is 0.0892. The Balaban J connectivity index is 1.82. The molecule has 160 valence electrons. The molecule has 3 heterocycles. The molecule has 30 heavy (non-hydrogen) atoms. The number of fused-ring (bicyclic) bond motifs is 1. The van der Waals surface area contributed by atoms with Gasteiger partial charge in [0.2, 0.25) is 5.71 Å². The maximum absolute atomic E-state index is 12.6. The van der Waals surface area contributed by atoms with Gasteiger partial charge in [-0.3, -0.25) is 14.5 Å². The highest BCUT2D eigenvalue weighted by Gasteiger charge is 2.56. The van der Waals surface area contributed by atoms with Crippen LogP contribution < -0.4 is 11.1 Å². The number of ether oxygens (including phenoxy) is 1. The summed E-state index contributed by atoms with van der Waals surface area (Å²) in [5.41, 5.74) is 2.47. The van der Waals surface area contributed by atoms with E-state index in [4.69, 9.17) is 10.2 Å². The van der Waals surface area contributed by atoms with Gasteiger partial charge in [0.25, 0.3) is 11.8 Å². The van der Waals surface area contributed by atoms with Crippen LogP contribution in [0.2, 0.25) is 0 Å². The van der Waals surface area contributed by atoms with Crippen molar-refractivity contribution in [2.75, 3.05) is 13.7 Å². The van der Waals surface area contributed by atoms with E-state index in [1.807, 2.05) is 0 Å². The first-order valence-electron chi connectivity index (χ1n) is 8.27. The summed E-state index contributed by atoms with van der Waals surface area (Å²) >= 11 is 0.791. The molecule has 3 atom stereocenters. The number of rotatable bonds is 7. The lowest BCUT2D eigenvalue weighted by Gasteiger charge is -2.50. The Morgan fingerprint density at radius 3 is 2.73 bits per heavy atom. The number of furan rings is 1. The summed E-state index contributed by atoms with van der Waals surface area (Å²) in [4.78, 5) is 53.2. The number of carboxylic acids is 1. The van der Waals surface area contributed by atoms with E-state index in [0.29, 0.717) is 0 Å². The number of carboxylic acid groups (broad SMARTS) is 1. The van der Waals surface area contributed by atoms with Gasteiger partial charge in [0, 0.05) is 5.57 Å². The van der Waals surface area contributed by atoms with Gasteiger partial charge in [-0.15, -0.1) is 0 Å². The lowest BCUT2D eigenvalue weighted by molar-refractivity contribution is -0.150. The molecule has 2 aliphatic heterocycles. The number of β-lactam (4-membered cyclic amide) rings is 1. The summed E-state index contributed by atoms with van der Waals surface area (Å²) in [6.07, 6.45) is 0.145. The van der Waals surface area contributed by atoms with E-state index in [-0.39, 0.29) is 17.0 Å². The fourth-order valence-electron chi connectivity index (χ4n) is 2.90. The SMILES string of the molecule is CO/N=C(\C(=O)N[C@@H]1C(=O)N2C(C(=O)O)=C(COC(N)=O)C(O)S[C@H]12)c1ccco1. The molecule has 0 radical (unpaired) electrons. The zero-order chi connectivity index (χ0) is 22.0. The van der Waals surface area contributed by atoms with E-state index in [9.17, 15) is 29.4 Å². The number of aliphatic hydroxyl groups excluding tert-OH is 1. The first kappa shape index (κ1) is 21.2. The Kier molecular flexibility index (Phi) is 5.98. The van der Waals surface area contributed by atoms with E-state index in [1.165, 1.54) is 25.5 Å². The van der Waals surface area contributed by atoms with Crippen molar-refractivity contribution < 1.29 is 43.4 Å². The molecule has 0 spiro atoms. The second kappa shape index (κ2) is 8.46. The molecule has 0 saturated carbocycles. The second-order valence-electron chi connectivity index (χ2n) is 5.92. The van der Waals surface area contributed by atoms with Gasteiger partial charge in [-0.05, 0) is 12.1 Å². The van der Waals surface area contributed by atoms with Gasteiger partial charge >= 0.3 is 12.1 Å². The number of primary amides is 1. The third-order valence-electron chi connectivity index (χ3n) is 4.17. The molecular weight excluding hydrogens is 424 g/mol. The number of oxime groups is 1. The van der Waals surface area contributed by atoms with E-state index < -0.39 is 53.0 Å². The molecule has 1 aromatic heterocycles. The van der Waals surface area contributed by atoms with Gasteiger partial charge in [-0.25, -0.2) is 9.59 Å². The van der Waals surface area contributed by atoms with E-state index in [2.05, 4.69) is 20.0 Å². The normalized spacial score (nSPS) is 23.4. The number of hydrogen-bond acceptors (Lipinski definition) is 10. The molecule has 0 bridgehead atoms. The maximum atomic E-state index is 12.6. The summed E-state index contributed by atoms with van der Waals surface area (Å²) in [5, 5.41) is 24.9. The van der Waals surface area contributed by atoms with Crippen LogP contribution in [-0.4, -0.2) is 75.3 Å². The van der Waals surface area contributed by atoms with Crippen molar-refractivity contribution in [3.63, 3.8) is 0 Å². The van der Waals surface area contributed by atoms with Crippen LogP contribution in [0.5, 0.6) is 0 Å². The summed E-state index contributed by atoms with van der Waals surface area (Å²) in [5.74, 6) is -2.97. The molecule has 1 fully saturated rings. The largest absolute Gasteiger partial charge is 0.477 e. The summed E-state index contributed by atoms with van der Waals surface area (Å²) in [7, 11) is 1.22. The number of aliphatic hydroxyl groups is 1. The van der Waals surface area contributed by atoms with E-state index >= 15 is 0 Å². The van der Waals surface area contributed by atoms with Crippen molar-refractivity contribution in [1.82, 2.24) is 10.2 Å². The van der Waals surface area contributed by atoms with Gasteiger partial charge in [-0.1, -0.05) is 16.9 Å². The van der Waals surface area contributed by atoms with Crippen LogP contribution in [0.25, 0.3) is 0 Å². The van der Waals surface area contributed by atoms with Gasteiger partial charge in [0.1, 0.15) is 36.3 Å². The third kappa shape index (κ3) is 3.81. The number of amides is 3. The number of hydrogen-bond donors (Lipinski definition) is 4. The van der Waals surface area contributed by atoms with Crippen molar-refractivity contribution >= 4 is 41.4 Å². The second-order valence-corrected chi connectivity index (χ2v) is 7.13. The Labute approximate surface area is 172 Å². The fourth-order valence-corrected chi connectivity index (χ4v) is 4.18. The molecule has 1 saturated heterocycles. The van der Waals surface area contributed by atoms with Crippen LogP contribution in [0.1, 0.15) is 5.76 Å². The van der Waals surface area contributed by atoms with Crippen LogP contribution in [0, 0.1) is 0 Å². The van der Waals surface area contributed by atoms with Gasteiger partial charge < -0.3 is 35.3 Å². The average molecular weight is 440 g/mol. The van der Waals surface area contributed by atoms with Crippen molar-refractivity contribution in [3.8, 4) is 0 Å². The number of nitrogens with one attached hydrogen (secondary N) is 1. The standard InChI is InChI=1S/C16H16N4O9S/c1-27-19-8(7-3-2-4-28-7)11(21)18-9-12(22)20-10(14(23)24)6(5-29-16(17)26)15(25)30-13(9)20/h2-4,9,13,15,25H,5H2,1H3,(H2,17,26)(H,18,21)(H,23,24)/b19-8-/t9-,13-,15?/m1/s1. The molecule has 14 heteroatoms. The zero-order valence-electron chi connectivity index (χ0n) is 15.3. The average Bonchev–Trinajstić information content (AvgIpc) is 3.22. The molecule has 3 amide bonds. The van der Waals surface area contributed by atoms with Gasteiger partial charge in [0.15, 0.2) is 5.76 Å². The Morgan fingerprint density at radius 1 is 1.43 bits per heavy atom. The monoisotopic (exact) mass is 440 g/mol. The number of nitrogens with zero attached hydrogens (tertiary/aromatic N) is 2. The molecule has 5 N–H and O–H groups in total. The number of aliphatic carboxylic acids is 1. The number of carbonyl (C=O) groups excluding carboxylic acids is 3. The van der Waals surface area contributed by atoms with Gasteiger partial charge in [0.05, 0.1) is 6.26 Å². The minimum atomic E-state index is -1.52. The third-order valence-corrected chi connectivity index (χ3v) is 5.47. The first-order chi connectivity index (χ1) is 14.3. The van der Waals surface area contributed by atoms with Crippen LogP contribution in [0.4, 0.5) is 4.79 Å². The Bertz CT molecular complexity index is 943. The molecule has 2 aliphatic rings. The highest BCUT2D eigenvalue weighted by molar-refractivity contribution is 8.00. The molecular formula is C16H16N4O9S. The summed E-state index contributed by atoms with van der Waals surface area (Å²) < 4.78 is 9.68. The van der Waals surface area contributed by atoms with Crippen molar-refractivity contribution in [1.29, 1.82) is 0 Å². The fraction of sp³-hybridized carbons (Fsp3) is 0.312.